The molecule has 15 aromatic carbocycles. The summed E-state index contributed by atoms with van der Waals surface area (Å²) in [5.41, 5.74) is 12.0. The molecule has 0 aliphatic rings. The lowest BCUT2D eigenvalue weighted by atomic mass is 9.96. The summed E-state index contributed by atoms with van der Waals surface area (Å²) in [5.74, 6) is 0. The number of fused-ring (bicyclic) bond motifs is 15. The monoisotopic (exact) mass is 1110 g/mol. The summed E-state index contributed by atoms with van der Waals surface area (Å²) in [5, 5.41) is 19.6. The summed E-state index contributed by atoms with van der Waals surface area (Å²) in [6.07, 6.45) is 0. The van der Waals surface area contributed by atoms with E-state index >= 15 is 0 Å². The zero-order valence-corrected chi connectivity index (χ0v) is 48.3. The molecule has 0 N–H and O–H groups in total. The molecule has 0 aliphatic carbocycles. The number of nitrogens with zero attached hydrogens (tertiary/aromatic N) is 2. The second-order valence-corrected chi connectivity index (χ2v) is 22.8. The highest BCUT2D eigenvalue weighted by Crippen LogP contribution is 2.46. The third kappa shape index (κ3) is 9.25. The number of hydrogen-bond donors (Lipinski definition) is 0. The molecule has 4 heteroatoms. The van der Waals surface area contributed by atoms with Crippen LogP contribution in [-0.2, 0) is 0 Å². The van der Waals surface area contributed by atoms with Crippen molar-refractivity contribution in [2.24, 2.45) is 0 Å². The van der Waals surface area contributed by atoms with Gasteiger partial charge < -0.3 is 14.2 Å². The van der Waals surface area contributed by atoms with Crippen molar-refractivity contribution in [1.82, 2.24) is 0 Å². The highest BCUT2D eigenvalue weighted by Gasteiger charge is 2.21. The maximum Gasteiger partial charge on any atom is 0.143 e. The number of rotatable bonds is 7. The zero-order valence-electron chi connectivity index (χ0n) is 47.5. The van der Waals surface area contributed by atoms with Gasteiger partial charge in [0.25, 0.3) is 0 Å². The van der Waals surface area contributed by atoms with Crippen LogP contribution in [0.5, 0.6) is 0 Å². The quantitative estimate of drug-likeness (QED) is 0.148. The van der Waals surface area contributed by atoms with E-state index in [4.69, 9.17) is 4.42 Å². The van der Waals surface area contributed by atoms with Crippen LogP contribution in [0.1, 0.15) is 13.8 Å². The number of anilines is 5. The van der Waals surface area contributed by atoms with E-state index in [2.05, 4.69) is 314 Å². The van der Waals surface area contributed by atoms with Gasteiger partial charge in [0.1, 0.15) is 11.2 Å². The van der Waals surface area contributed by atoms with Gasteiger partial charge in [-0.1, -0.05) is 238 Å². The summed E-state index contributed by atoms with van der Waals surface area (Å²) in [7, 11) is 2.20. The van der Waals surface area contributed by atoms with Crippen molar-refractivity contribution in [2.75, 3.05) is 16.8 Å². The van der Waals surface area contributed by atoms with Crippen LogP contribution in [0.15, 0.2) is 302 Å². The van der Waals surface area contributed by atoms with E-state index in [1.54, 1.807) is 0 Å². The van der Waals surface area contributed by atoms with Crippen molar-refractivity contribution in [3.8, 4) is 22.3 Å². The molecule has 0 bridgehead atoms. The molecule has 2 aromatic heterocycles. The number of hydrogen-bond acceptors (Lipinski definition) is 4. The van der Waals surface area contributed by atoms with E-state index in [0.29, 0.717) is 0 Å². The van der Waals surface area contributed by atoms with Gasteiger partial charge in [-0.25, -0.2) is 0 Å². The molecule has 2 heterocycles. The van der Waals surface area contributed by atoms with Crippen LogP contribution in [0.3, 0.4) is 0 Å². The van der Waals surface area contributed by atoms with Gasteiger partial charge in [0.2, 0.25) is 0 Å². The first-order chi connectivity index (χ1) is 42.0. The molecule has 0 radical (unpaired) electrons. The van der Waals surface area contributed by atoms with Crippen LogP contribution in [0.4, 0.5) is 28.4 Å². The Balaban J connectivity index is 0.000000458. The normalized spacial score (nSPS) is 11.5. The number of benzene rings is 15. The molecule has 404 valence electrons. The standard InChI is InChI=1S/C69H44N2OS.C10H8.C2H6/c1-70(64-24-12-18-45-15-6-7-19-56(45)64)54-37-51(38-55(42-54)71(52-30-25-43-13-2-4-16-46(43)35-52)53-31-26-44-14-3-5-17-47(44)36-53)50-28-33-60-59-32-27-49(40-66(59)73-67(60)41-50)48-29-34-63-65(39-48)72-69-62-23-11-9-21-58(62)57-20-8-10-22-61(57)68(63)69;1-2-6-10-8-4-3-7-9(10)5-1;1-2/h2-42H,1H3;1-8H;1-2H3. The molecule has 0 saturated heterocycles. The Kier molecular flexibility index (Phi) is 13.1. The molecule has 17 aromatic rings. The molecular formula is C81H58N2OS. The van der Waals surface area contributed by atoms with Crippen LogP contribution in [0.2, 0.25) is 0 Å². The fourth-order valence-electron chi connectivity index (χ4n) is 12.7. The van der Waals surface area contributed by atoms with E-state index in [-0.39, 0.29) is 0 Å². The van der Waals surface area contributed by atoms with E-state index in [9.17, 15) is 0 Å². The SMILES string of the molecule is CC.CN(c1cc(-c2ccc3c(c2)sc2cc(-c4ccc5c(c4)oc4c6ccccc6c6ccccc6c54)ccc23)cc(N(c2ccc3ccccc3c2)c2ccc3ccccc3c2)c1)c1cccc2ccccc12.c1ccc2ccccc2c1. The van der Waals surface area contributed by atoms with Gasteiger partial charge in [0.15, 0.2) is 0 Å². The Morgan fingerprint density at radius 3 is 1.31 bits per heavy atom. The number of furan rings is 1. The van der Waals surface area contributed by atoms with Crippen molar-refractivity contribution in [2.45, 2.75) is 13.8 Å². The predicted molar refractivity (Wildman–Crippen MR) is 369 cm³/mol. The first-order valence-electron chi connectivity index (χ1n) is 29.3. The van der Waals surface area contributed by atoms with Gasteiger partial charge in [0.05, 0.1) is 0 Å². The van der Waals surface area contributed by atoms with Gasteiger partial charge >= 0.3 is 0 Å². The minimum atomic E-state index is 0.905. The van der Waals surface area contributed by atoms with Crippen LogP contribution in [0.25, 0.3) is 129 Å². The van der Waals surface area contributed by atoms with Crippen LogP contribution < -0.4 is 9.80 Å². The van der Waals surface area contributed by atoms with E-state index < -0.39 is 0 Å². The second-order valence-electron chi connectivity index (χ2n) is 21.7. The zero-order chi connectivity index (χ0) is 57.0. The Labute approximate surface area is 498 Å². The Morgan fingerprint density at radius 2 is 0.718 bits per heavy atom. The molecule has 0 fully saturated rings. The summed E-state index contributed by atoms with van der Waals surface area (Å²) in [4.78, 5) is 4.77. The van der Waals surface area contributed by atoms with Crippen LogP contribution in [-0.4, -0.2) is 7.05 Å². The maximum absolute atomic E-state index is 6.80. The van der Waals surface area contributed by atoms with Gasteiger partial charge in [-0.3, -0.25) is 0 Å². The summed E-state index contributed by atoms with van der Waals surface area (Å²) < 4.78 is 9.31. The predicted octanol–water partition coefficient (Wildman–Crippen LogP) is 24.2. The Bertz CT molecular complexity index is 5250. The Hall–Kier alpha value is -10.5. The summed E-state index contributed by atoms with van der Waals surface area (Å²) in [6, 6.07) is 108. The fourth-order valence-corrected chi connectivity index (χ4v) is 13.8. The minimum Gasteiger partial charge on any atom is -0.455 e. The summed E-state index contributed by atoms with van der Waals surface area (Å²) in [6.45, 7) is 4.00. The topological polar surface area (TPSA) is 19.6 Å². The highest BCUT2D eigenvalue weighted by molar-refractivity contribution is 7.25. The Morgan fingerprint density at radius 1 is 0.282 bits per heavy atom. The first-order valence-corrected chi connectivity index (χ1v) is 30.2. The second kappa shape index (κ2) is 21.7. The van der Waals surface area contributed by atoms with Crippen molar-refractivity contribution in [3.05, 3.63) is 297 Å². The molecular weight excluding hydrogens is 1050 g/mol. The molecule has 85 heavy (non-hydrogen) atoms. The molecule has 0 saturated carbocycles. The third-order valence-electron chi connectivity index (χ3n) is 16.8. The average Bonchev–Trinajstić information content (AvgIpc) is 1.87. The molecule has 0 aliphatic heterocycles. The number of thiophene rings is 1. The van der Waals surface area contributed by atoms with Gasteiger partial charge in [-0.05, 0) is 149 Å². The first kappa shape index (κ1) is 51.4. The van der Waals surface area contributed by atoms with Crippen LogP contribution >= 0.6 is 11.3 Å². The maximum atomic E-state index is 6.80. The molecule has 3 nitrogen and oxygen atoms in total. The molecule has 17 rings (SSSR count). The van der Waals surface area contributed by atoms with E-state index in [1.807, 2.05) is 25.2 Å². The van der Waals surface area contributed by atoms with Gasteiger partial charge in [0, 0.05) is 77.2 Å². The van der Waals surface area contributed by atoms with Crippen molar-refractivity contribution >= 4 is 147 Å². The smallest absolute Gasteiger partial charge is 0.143 e. The van der Waals surface area contributed by atoms with Crippen molar-refractivity contribution < 1.29 is 4.42 Å². The third-order valence-corrected chi connectivity index (χ3v) is 17.9. The van der Waals surface area contributed by atoms with Crippen molar-refractivity contribution in [1.29, 1.82) is 0 Å². The molecule has 0 spiro atoms. The fraction of sp³-hybridized carbons (Fsp3) is 0.0370. The minimum absolute atomic E-state index is 0.905. The highest BCUT2D eigenvalue weighted by atomic mass is 32.1. The molecule has 0 amide bonds. The van der Waals surface area contributed by atoms with E-state index in [1.165, 1.54) is 95.9 Å². The largest absolute Gasteiger partial charge is 0.455 e. The van der Waals surface area contributed by atoms with Gasteiger partial charge in [-0.2, -0.15) is 0 Å². The lowest BCUT2D eigenvalue weighted by molar-refractivity contribution is 0.673. The van der Waals surface area contributed by atoms with Crippen molar-refractivity contribution in [3.63, 3.8) is 0 Å². The lowest BCUT2D eigenvalue weighted by Gasteiger charge is -2.29. The lowest BCUT2D eigenvalue weighted by Crippen LogP contribution is -2.14. The molecule has 0 atom stereocenters. The van der Waals surface area contributed by atoms with E-state index in [0.717, 1.165) is 61.5 Å². The van der Waals surface area contributed by atoms with Gasteiger partial charge in [-0.15, -0.1) is 11.3 Å². The van der Waals surface area contributed by atoms with Crippen LogP contribution in [0, 0.1) is 0 Å². The summed E-state index contributed by atoms with van der Waals surface area (Å²) >= 11 is 1.86. The molecule has 0 unspecified atom stereocenters. The average molecular weight is 1110 g/mol.